The largest absolute Gasteiger partial charge is 0.462 e. The van der Waals surface area contributed by atoms with E-state index in [1.807, 2.05) is 0 Å². The van der Waals surface area contributed by atoms with Gasteiger partial charge in [0.25, 0.3) is 0 Å². The Balaban J connectivity index is 4.10. The predicted octanol–water partition coefficient (Wildman–Crippen LogP) is 20.6. The molecule has 0 aromatic heterocycles. The summed E-state index contributed by atoms with van der Waals surface area (Å²) < 4.78 is 16.7. The maximum absolute atomic E-state index is 12.8. The molecule has 0 N–H and O–H groups in total. The van der Waals surface area contributed by atoms with Crippen LogP contribution in [-0.4, -0.2) is 37.2 Å². The summed E-state index contributed by atoms with van der Waals surface area (Å²) in [5, 5.41) is 0. The van der Waals surface area contributed by atoms with Crippen LogP contribution in [0, 0.1) is 0 Å². The Hall–Kier alpha value is -4.45. The molecule has 1 unspecified atom stereocenters. The maximum atomic E-state index is 12.8. The summed E-state index contributed by atoms with van der Waals surface area (Å²) >= 11 is 0. The number of rotatable bonds is 53. The molecule has 0 aliphatic carbocycles. The topological polar surface area (TPSA) is 78.9 Å². The Bertz CT molecular complexity index is 1600. The van der Waals surface area contributed by atoms with Gasteiger partial charge in [-0.1, -0.05) is 251 Å². The number of unbranched alkanes of at least 4 members (excludes halogenated alkanes) is 20. The van der Waals surface area contributed by atoms with E-state index < -0.39 is 6.10 Å². The number of allylic oxidation sites excluding steroid dienone is 22. The minimum Gasteiger partial charge on any atom is -0.462 e. The van der Waals surface area contributed by atoms with Crippen LogP contribution in [0.3, 0.4) is 0 Å². The Morgan fingerprint density at radius 1 is 0.284 bits per heavy atom. The molecule has 0 spiro atoms. The van der Waals surface area contributed by atoms with Crippen LogP contribution in [-0.2, 0) is 28.6 Å². The normalized spacial score (nSPS) is 13.1. The maximum Gasteiger partial charge on any atom is 0.306 e. The first-order valence-corrected chi connectivity index (χ1v) is 30.2. The first-order valence-electron chi connectivity index (χ1n) is 30.2. The van der Waals surface area contributed by atoms with Crippen molar-refractivity contribution in [3.63, 3.8) is 0 Å². The molecule has 0 aromatic rings. The molecule has 418 valence electrons. The summed E-state index contributed by atoms with van der Waals surface area (Å²) in [5.41, 5.74) is 0. The van der Waals surface area contributed by atoms with Gasteiger partial charge in [0.1, 0.15) is 13.2 Å². The minimum atomic E-state index is -0.789. The van der Waals surface area contributed by atoms with E-state index in [-0.39, 0.29) is 31.1 Å². The van der Waals surface area contributed by atoms with Crippen LogP contribution in [0.5, 0.6) is 0 Å². The van der Waals surface area contributed by atoms with E-state index in [2.05, 4.69) is 154 Å². The van der Waals surface area contributed by atoms with Gasteiger partial charge in [0, 0.05) is 19.3 Å². The second-order valence-corrected chi connectivity index (χ2v) is 19.5. The molecule has 0 fully saturated rings. The SMILES string of the molecule is CC/C=C\C/C=C\C/C=C\C/C=C\C/C=C\C/C=C\C/C=C\C/C=C\C/C=C\CCCCCCCCCC(=O)OCC(COC(=O)CCCCCCC)OC(=O)CCCCCCC/C=C\C/C=C\CCCCCC. The van der Waals surface area contributed by atoms with Gasteiger partial charge in [0.05, 0.1) is 0 Å². The molecule has 6 heteroatoms. The molecule has 0 aliphatic rings. The third-order valence-corrected chi connectivity index (χ3v) is 12.4. The zero-order valence-electron chi connectivity index (χ0n) is 47.8. The van der Waals surface area contributed by atoms with Crippen molar-refractivity contribution in [3.8, 4) is 0 Å². The van der Waals surface area contributed by atoms with E-state index in [0.29, 0.717) is 19.3 Å². The summed E-state index contributed by atoms with van der Waals surface area (Å²) in [6, 6.07) is 0. The Morgan fingerprint density at radius 3 is 0.838 bits per heavy atom. The van der Waals surface area contributed by atoms with Crippen molar-refractivity contribution in [2.75, 3.05) is 13.2 Å². The molecule has 0 amide bonds. The second kappa shape index (κ2) is 61.1. The van der Waals surface area contributed by atoms with Gasteiger partial charge in [-0.15, -0.1) is 0 Å². The highest BCUT2D eigenvalue weighted by Gasteiger charge is 2.19. The van der Waals surface area contributed by atoms with Crippen LogP contribution in [0.25, 0.3) is 0 Å². The number of hydrogen-bond acceptors (Lipinski definition) is 6. The van der Waals surface area contributed by atoms with Gasteiger partial charge in [-0.05, 0) is 122 Å². The lowest BCUT2D eigenvalue weighted by Gasteiger charge is -2.18. The van der Waals surface area contributed by atoms with E-state index in [9.17, 15) is 14.4 Å². The number of ether oxygens (including phenoxy) is 3. The molecule has 0 bridgehead atoms. The number of hydrogen-bond donors (Lipinski definition) is 0. The van der Waals surface area contributed by atoms with Crippen molar-refractivity contribution >= 4 is 17.9 Å². The number of esters is 3. The molecule has 0 heterocycles. The highest BCUT2D eigenvalue weighted by molar-refractivity contribution is 5.71. The van der Waals surface area contributed by atoms with Crippen molar-refractivity contribution in [2.45, 2.75) is 264 Å². The monoisotopic (exact) mass is 1020 g/mol. The standard InChI is InChI=1S/C68H110O6/c1-4-7-10-13-15-17-19-21-23-25-26-27-28-29-30-31-32-33-34-35-36-37-38-39-40-41-42-43-45-46-48-50-52-55-58-61-67(70)73-64-65(63-72-66(69)60-57-54-12-9-6-3)74-68(71)62-59-56-53-51-49-47-44-24-22-20-18-16-14-11-8-5-2/h7,10,15,17-18,20-21,23-24,26-27,29-30,32-33,35-36,38-39,41-42,44,65H,4-6,8-9,11-14,16,19,22,25,28,31,34,37,40,43,45-64H2,1-3H3/b10-7-,17-15-,20-18-,23-21-,27-26-,30-29-,33-32-,36-35-,39-38-,42-41-,44-24-. The lowest BCUT2D eigenvalue weighted by Crippen LogP contribution is -2.30. The van der Waals surface area contributed by atoms with Gasteiger partial charge in [0.2, 0.25) is 0 Å². The first-order chi connectivity index (χ1) is 36.5. The van der Waals surface area contributed by atoms with E-state index in [1.165, 1.54) is 57.8 Å². The van der Waals surface area contributed by atoms with Crippen LogP contribution in [0.1, 0.15) is 258 Å². The minimum absolute atomic E-state index is 0.0902. The van der Waals surface area contributed by atoms with Gasteiger partial charge >= 0.3 is 17.9 Å². The van der Waals surface area contributed by atoms with Crippen LogP contribution >= 0.6 is 0 Å². The van der Waals surface area contributed by atoms with Crippen molar-refractivity contribution in [2.24, 2.45) is 0 Å². The zero-order chi connectivity index (χ0) is 53.6. The first kappa shape index (κ1) is 69.5. The summed E-state index contributed by atoms with van der Waals surface area (Å²) in [5.74, 6) is -0.933. The average molecular weight is 1020 g/mol. The molecule has 0 saturated heterocycles. The lowest BCUT2D eigenvalue weighted by molar-refractivity contribution is -0.167. The van der Waals surface area contributed by atoms with Gasteiger partial charge in [-0.3, -0.25) is 14.4 Å². The Morgan fingerprint density at radius 2 is 0.527 bits per heavy atom. The van der Waals surface area contributed by atoms with E-state index in [0.717, 1.165) is 161 Å². The van der Waals surface area contributed by atoms with Gasteiger partial charge in [0.15, 0.2) is 6.10 Å². The van der Waals surface area contributed by atoms with Gasteiger partial charge < -0.3 is 14.2 Å². The molecule has 0 saturated carbocycles. The molecule has 0 aromatic carbocycles. The highest BCUT2D eigenvalue weighted by Crippen LogP contribution is 2.14. The summed E-state index contributed by atoms with van der Waals surface area (Å²) in [7, 11) is 0. The van der Waals surface area contributed by atoms with E-state index in [4.69, 9.17) is 14.2 Å². The fraction of sp³-hybridized carbons (Fsp3) is 0.632. The summed E-state index contributed by atoms with van der Waals surface area (Å²) in [4.78, 5) is 37.8. The number of carbonyl (C=O) groups excluding carboxylic acids is 3. The van der Waals surface area contributed by atoms with Gasteiger partial charge in [-0.2, -0.15) is 0 Å². The molecule has 0 aliphatic heterocycles. The van der Waals surface area contributed by atoms with Crippen LogP contribution in [0.2, 0.25) is 0 Å². The molecule has 0 rings (SSSR count). The van der Waals surface area contributed by atoms with E-state index >= 15 is 0 Å². The molecular weight excluding hydrogens is 913 g/mol. The highest BCUT2D eigenvalue weighted by atomic mass is 16.6. The third-order valence-electron chi connectivity index (χ3n) is 12.4. The van der Waals surface area contributed by atoms with Gasteiger partial charge in [-0.25, -0.2) is 0 Å². The zero-order valence-corrected chi connectivity index (χ0v) is 47.8. The second-order valence-electron chi connectivity index (χ2n) is 19.5. The van der Waals surface area contributed by atoms with Crippen molar-refractivity contribution < 1.29 is 28.6 Å². The third kappa shape index (κ3) is 58.4. The van der Waals surface area contributed by atoms with E-state index in [1.54, 1.807) is 0 Å². The average Bonchev–Trinajstić information content (AvgIpc) is 3.40. The summed E-state index contributed by atoms with van der Waals surface area (Å²) in [6.07, 6.45) is 86.4. The molecular formula is C68H110O6. The molecule has 0 radical (unpaired) electrons. The summed E-state index contributed by atoms with van der Waals surface area (Å²) in [6.45, 7) is 6.39. The van der Waals surface area contributed by atoms with Crippen molar-refractivity contribution in [1.82, 2.24) is 0 Å². The van der Waals surface area contributed by atoms with Crippen LogP contribution in [0.15, 0.2) is 134 Å². The fourth-order valence-electron chi connectivity index (χ4n) is 7.88. The molecule has 6 nitrogen and oxygen atoms in total. The van der Waals surface area contributed by atoms with Crippen molar-refractivity contribution in [1.29, 1.82) is 0 Å². The molecule has 74 heavy (non-hydrogen) atoms. The lowest BCUT2D eigenvalue weighted by atomic mass is 10.1. The van der Waals surface area contributed by atoms with Crippen LogP contribution < -0.4 is 0 Å². The van der Waals surface area contributed by atoms with Crippen molar-refractivity contribution in [3.05, 3.63) is 134 Å². The molecule has 1 atom stereocenters. The Labute approximate surface area is 455 Å². The van der Waals surface area contributed by atoms with Crippen LogP contribution in [0.4, 0.5) is 0 Å². The number of carbonyl (C=O) groups is 3. The quantitative estimate of drug-likeness (QED) is 0.0261. The fourth-order valence-corrected chi connectivity index (χ4v) is 7.88. The predicted molar refractivity (Wildman–Crippen MR) is 320 cm³/mol. The Kier molecular flexibility index (Phi) is 57.4. The smallest absolute Gasteiger partial charge is 0.306 e.